The Morgan fingerprint density at radius 2 is 2.17 bits per heavy atom. The molecular weight excluding hydrogens is 158 g/mol. The van der Waals surface area contributed by atoms with Gasteiger partial charge in [-0.15, -0.1) is 0 Å². The molecule has 2 atom stereocenters. The summed E-state index contributed by atoms with van der Waals surface area (Å²) >= 11 is 0. The number of hydrogen-bond donors (Lipinski definition) is 0. The number of likely N-dealkylation sites (tertiary alicyclic amines) is 1. The van der Waals surface area contributed by atoms with Crippen LogP contribution in [0.2, 0.25) is 0 Å². The second kappa shape index (κ2) is 3.87. The number of carbonyl (C=O) groups is 1. The average molecular weight is 173 g/mol. The van der Waals surface area contributed by atoms with Crippen LogP contribution in [0, 0.1) is 0 Å². The van der Waals surface area contributed by atoms with Crippen LogP contribution in [0.15, 0.2) is 0 Å². The first-order valence-corrected chi connectivity index (χ1v) is 4.01. The monoisotopic (exact) mass is 173 g/mol. The Kier molecular flexibility index (Phi) is 3.05. The van der Waals surface area contributed by atoms with Gasteiger partial charge in [-0.2, -0.15) is 0 Å². The molecule has 0 radical (unpaired) electrons. The highest BCUT2D eigenvalue weighted by Gasteiger charge is 2.38. The van der Waals surface area contributed by atoms with E-state index in [2.05, 4.69) is 4.74 Å². The fraction of sp³-hybridized carbons (Fsp3) is 0.875. The van der Waals surface area contributed by atoms with Gasteiger partial charge in [0.1, 0.15) is 6.04 Å². The molecule has 12 heavy (non-hydrogen) atoms. The lowest BCUT2D eigenvalue weighted by atomic mass is 10.2. The van der Waals surface area contributed by atoms with Crippen molar-refractivity contribution in [3.8, 4) is 0 Å². The number of ether oxygens (including phenoxy) is 2. The van der Waals surface area contributed by atoms with Gasteiger partial charge in [0.05, 0.1) is 13.2 Å². The molecule has 0 unspecified atom stereocenters. The van der Waals surface area contributed by atoms with E-state index in [4.69, 9.17) is 4.74 Å². The molecular formula is C8H15NO3. The van der Waals surface area contributed by atoms with Gasteiger partial charge >= 0.3 is 5.97 Å². The molecule has 1 saturated heterocycles. The Morgan fingerprint density at radius 3 is 2.67 bits per heavy atom. The minimum Gasteiger partial charge on any atom is -0.468 e. The minimum absolute atomic E-state index is 0.0116. The first kappa shape index (κ1) is 9.48. The molecule has 0 aromatic heterocycles. The van der Waals surface area contributed by atoms with Crippen molar-refractivity contribution < 1.29 is 14.3 Å². The van der Waals surface area contributed by atoms with E-state index in [1.807, 2.05) is 11.9 Å². The number of nitrogens with zero attached hydrogens (tertiary/aromatic N) is 1. The van der Waals surface area contributed by atoms with E-state index < -0.39 is 0 Å². The number of esters is 1. The highest BCUT2D eigenvalue weighted by molar-refractivity contribution is 5.76. The molecule has 0 bridgehead atoms. The molecule has 1 aliphatic heterocycles. The third-order valence-electron chi connectivity index (χ3n) is 2.34. The van der Waals surface area contributed by atoms with Crippen LogP contribution in [0.3, 0.4) is 0 Å². The van der Waals surface area contributed by atoms with E-state index in [0.29, 0.717) is 0 Å². The van der Waals surface area contributed by atoms with Gasteiger partial charge in [-0.1, -0.05) is 0 Å². The maximum absolute atomic E-state index is 11.2. The van der Waals surface area contributed by atoms with Crippen LogP contribution in [0.5, 0.6) is 0 Å². The molecule has 0 amide bonds. The third-order valence-corrected chi connectivity index (χ3v) is 2.34. The van der Waals surface area contributed by atoms with Gasteiger partial charge in [0.2, 0.25) is 0 Å². The molecule has 0 aromatic rings. The highest BCUT2D eigenvalue weighted by atomic mass is 16.5. The second-order valence-corrected chi connectivity index (χ2v) is 3.01. The fourth-order valence-corrected chi connectivity index (χ4v) is 1.61. The van der Waals surface area contributed by atoms with Crippen molar-refractivity contribution in [1.29, 1.82) is 0 Å². The number of hydrogen-bond acceptors (Lipinski definition) is 4. The van der Waals surface area contributed by atoms with Gasteiger partial charge in [0.25, 0.3) is 0 Å². The molecule has 1 fully saturated rings. The van der Waals surface area contributed by atoms with Gasteiger partial charge < -0.3 is 9.47 Å². The van der Waals surface area contributed by atoms with Gasteiger partial charge in [0, 0.05) is 13.7 Å². The number of likely N-dealkylation sites (N-methyl/N-ethyl adjacent to an activating group) is 1. The van der Waals surface area contributed by atoms with Crippen molar-refractivity contribution in [2.75, 3.05) is 27.8 Å². The first-order chi connectivity index (χ1) is 5.70. The van der Waals surface area contributed by atoms with E-state index in [-0.39, 0.29) is 18.1 Å². The molecule has 1 aliphatic rings. The van der Waals surface area contributed by atoms with Crippen LogP contribution in [-0.2, 0) is 14.3 Å². The standard InChI is InChI=1S/C8H15NO3/c1-9-5-4-6(11-2)7(9)8(10)12-3/h6-7H,4-5H2,1-3H3/t6-,7+/m1/s1. The number of methoxy groups -OCH3 is 2. The summed E-state index contributed by atoms with van der Waals surface area (Å²) in [7, 11) is 4.93. The molecule has 1 rings (SSSR count). The molecule has 0 N–H and O–H groups in total. The summed E-state index contributed by atoms with van der Waals surface area (Å²) in [6.07, 6.45) is 0.884. The largest absolute Gasteiger partial charge is 0.468 e. The molecule has 1 heterocycles. The Morgan fingerprint density at radius 1 is 1.50 bits per heavy atom. The molecule has 4 nitrogen and oxygen atoms in total. The lowest BCUT2D eigenvalue weighted by Gasteiger charge is -2.20. The normalized spacial score (nSPS) is 30.6. The van der Waals surface area contributed by atoms with E-state index in [9.17, 15) is 4.79 Å². The predicted octanol–water partition coefficient (Wildman–Crippen LogP) is -0.122. The summed E-state index contributed by atoms with van der Waals surface area (Å²) in [5, 5.41) is 0. The Bertz CT molecular complexity index is 172. The summed E-state index contributed by atoms with van der Waals surface area (Å²) in [5.41, 5.74) is 0. The molecule has 0 spiro atoms. The summed E-state index contributed by atoms with van der Waals surface area (Å²) in [6, 6.07) is -0.222. The van der Waals surface area contributed by atoms with Crippen LogP contribution in [0.1, 0.15) is 6.42 Å². The summed E-state index contributed by atoms with van der Waals surface area (Å²) in [6.45, 7) is 0.887. The Labute approximate surface area is 72.4 Å². The van der Waals surface area contributed by atoms with Crippen molar-refractivity contribution in [1.82, 2.24) is 4.90 Å². The van der Waals surface area contributed by atoms with Crippen molar-refractivity contribution in [2.45, 2.75) is 18.6 Å². The lowest BCUT2D eigenvalue weighted by molar-refractivity contribution is -0.148. The number of rotatable bonds is 2. The summed E-state index contributed by atoms with van der Waals surface area (Å²) in [5.74, 6) is -0.207. The maximum Gasteiger partial charge on any atom is 0.325 e. The average Bonchev–Trinajstić information content (AvgIpc) is 2.45. The molecule has 4 heteroatoms. The van der Waals surface area contributed by atoms with Crippen molar-refractivity contribution in [3.63, 3.8) is 0 Å². The zero-order chi connectivity index (χ0) is 9.14. The second-order valence-electron chi connectivity index (χ2n) is 3.01. The molecule has 0 aliphatic carbocycles. The van der Waals surface area contributed by atoms with Gasteiger partial charge in [-0.3, -0.25) is 9.69 Å². The SMILES string of the molecule is COC(=O)[C@@H]1[C@H](OC)CCN1C. The number of carbonyl (C=O) groups excluding carboxylic acids is 1. The molecule has 70 valence electrons. The van der Waals surface area contributed by atoms with Gasteiger partial charge in [0.15, 0.2) is 0 Å². The van der Waals surface area contributed by atoms with Gasteiger partial charge in [-0.25, -0.2) is 0 Å². The Hall–Kier alpha value is -0.610. The van der Waals surface area contributed by atoms with Crippen LogP contribution < -0.4 is 0 Å². The molecule has 0 aromatic carbocycles. The predicted molar refractivity (Wildman–Crippen MR) is 43.8 cm³/mol. The minimum atomic E-state index is -0.222. The van der Waals surface area contributed by atoms with Crippen LogP contribution in [0.25, 0.3) is 0 Å². The summed E-state index contributed by atoms with van der Waals surface area (Å²) in [4.78, 5) is 13.2. The van der Waals surface area contributed by atoms with Crippen molar-refractivity contribution >= 4 is 5.97 Å². The van der Waals surface area contributed by atoms with Crippen molar-refractivity contribution in [2.24, 2.45) is 0 Å². The highest BCUT2D eigenvalue weighted by Crippen LogP contribution is 2.19. The van der Waals surface area contributed by atoms with E-state index in [0.717, 1.165) is 13.0 Å². The zero-order valence-electron chi connectivity index (χ0n) is 7.74. The zero-order valence-corrected chi connectivity index (χ0v) is 7.74. The van der Waals surface area contributed by atoms with Crippen LogP contribution in [-0.4, -0.2) is 50.8 Å². The van der Waals surface area contributed by atoms with E-state index in [1.54, 1.807) is 7.11 Å². The van der Waals surface area contributed by atoms with Crippen LogP contribution in [0.4, 0.5) is 0 Å². The summed E-state index contributed by atoms with van der Waals surface area (Å²) < 4.78 is 9.85. The Balaban J connectivity index is 2.63. The molecule has 0 saturated carbocycles. The quantitative estimate of drug-likeness (QED) is 0.546. The van der Waals surface area contributed by atoms with Crippen LogP contribution >= 0.6 is 0 Å². The van der Waals surface area contributed by atoms with E-state index in [1.165, 1.54) is 7.11 Å². The fourth-order valence-electron chi connectivity index (χ4n) is 1.61. The lowest BCUT2D eigenvalue weighted by Crippen LogP contribution is -2.41. The smallest absolute Gasteiger partial charge is 0.325 e. The van der Waals surface area contributed by atoms with Gasteiger partial charge in [-0.05, 0) is 13.5 Å². The van der Waals surface area contributed by atoms with Crippen molar-refractivity contribution in [3.05, 3.63) is 0 Å². The maximum atomic E-state index is 11.2. The first-order valence-electron chi connectivity index (χ1n) is 4.01. The third kappa shape index (κ3) is 1.59. The topological polar surface area (TPSA) is 38.8 Å². The van der Waals surface area contributed by atoms with E-state index >= 15 is 0 Å².